The molecule has 0 unspecified atom stereocenters. The number of aryl methyl sites for hydroxylation is 1. The van der Waals surface area contributed by atoms with E-state index < -0.39 is 0 Å². The van der Waals surface area contributed by atoms with Crippen LogP contribution >= 0.6 is 0 Å². The molecule has 4 rings (SSSR count). The van der Waals surface area contributed by atoms with Gasteiger partial charge in [-0.1, -0.05) is 29.8 Å². The molecule has 0 amide bonds. The van der Waals surface area contributed by atoms with Crippen LogP contribution in [0.4, 0.5) is 0 Å². The summed E-state index contributed by atoms with van der Waals surface area (Å²) < 4.78 is 5.80. The second-order valence-corrected chi connectivity index (χ2v) is 6.36. The van der Waals surface area contributed by atoms with Gasteiger partial charge in [-0.15, -0.1) is 0 Å². The smallest absolute Gasteiger partial charge is 0.0618 e. The van der Waals surface area contributed by atoms with Crippen molar-refractivity contribution in [2.24, 2.45) is 5.92 Å². The van der Waals surface area contributed by atoms with Gasteiger partial charge in [0.05, 0.1) is 6.10 Å². The molecule has 0 spiro atoms. The van der Waals surface area contributed by atoms with Crippen molar-refractivity contribution in [1.82, 2.24) is 4.90 Å². The first-order valence-corrected chi connectivity index (χ1v) is 7.48. The Morgan fingerprint density at radius 1 is 1.16 bits per heavy atom. The molecule has 0 N–H and O–H groups in total. The van der Waals surface area contributed by atoms with E-state index in [1.54, 1.807) is 0 Å². The predicted molar refractivity (Wildman–Crippen MR) is 78.5 cm³/mol. The summed E-state index contributed by atoms with van der Waals surface area (Å²) in [5, 5.41) is 0. The van der Waals surface area contributed by atoms with Crippen LogP contribution in [-0.4, -0.2) is 37.7 Å². The zero-order valence-electron chi connectivity index (χ0n) is 12.3. The molecule has 104 valence electrons. The van der Waals surface area contributed by atoms with Gasteiger partial charge in [-0.05, 0) is 44.7 Å². The fourth-order valence-corrected chi connectivity index (χ4v) is 4.03. The van der Waals surface area contributed by atoms with Gasteiger partial charge in [0.25, 0.3) is 0 Å². The average Bonchev–Trinajstić information content (AvgIpc) is 2.68. The van der Waals surface area contributed by atoms with Crippen LogP contribution in [0.5, 0.6) is 0 Å². The Hall–Kier alpha value is -0.860. The van der Waals surface area contributed by atoms with E-state index in [0.29, 0.717) is 17.9 Å². The maximum absolute atomic E-state index is 5.80. The lowest BCUT2D eigenvalue weighted by atomic mass is 9.77. The number of fused-ring (bicyclic) bond motifs is 4. The molecule has 0 radical (unpaired) electrons. The van der Waals surface area contributed by atoms with Crippen LogP contribution in [0.1, 0.15) is 36.3 Å². The van der Waals surface area contributed by atoms with Crippen molar-refractivity contribution in [3.8, 4) is 0 Å². The van der Waals surface area contributed by atoms with Crippen LogP contribution in [0.3, 0.4) is 0 Å². The van der Waals surface area contributed by atoms with E-state index in [1.807, 2.05) is 7.11 Å². The zero-order valence-corrected chi connectivity index (χ0v) is 12.3. The first kappa shape index (κ1) is 13.1. The Labute approximate surface area is 116 Å². The molecule has 1 aromatic carbocycles. The van der Waals surface area contributed by atoms with Crippen molar-refractivity contribution >= 4 is 0 Å². The predicted octanol–water partition coefficient (Wildman–Crippen LogP) is 3.21. The third kappa shape index (κ3) is 2.44. The molecule has 0 aromatic heterocycles. The number of hydrogen-bond acceptors (Lipinski definition) is 2. The van der Waals surface area contributed by atoms with Gasteiger partial charge >= 0.3 is 0 Å². The van der Waals surface area contributed by atoms with Gasteiger partial charge in [-0.25, -0.2) is 0 Å². The molecule has 2 heterocycles. The molecule has 2 aliphatic heterocycles. The Bertz CT molecular complexity index is 427. The minimum absolute atomic E-state index is 0.432. The molecule has 1 aromatic rings. The lowest BCUT2D eigenvalue weighted by molar-refractivity contribution is 0.0211. The summed E-state index contributed by atoms with van der Waals surface area (Å²) in [5.41, 5.74) is 2.86. The van der Waals surface area contributed by atoms with E-state index in [1.165, 1.54) is 36.9 Å². The standard InChI is InChI=1S/C17H25NO/c1-12-4-6-13(7-5-12)15-10-14-8-9-17(19-3)16(15)11-18(14)2/h4-7,14-17H,8-11H2,1-3H3/t14-,15+,16-,17-/m0/s1. The topological polar surface area (TPSA) is 12.5 Å². The summed E-state index contributed by atoms with van der Waals surface area (Å²) in [5.74, 6) is 1.32. The fraction of sp³-hybridized carbons (Fsp3) is 0.647. The third-order valence-electron chi connectivity index (χ3n) is 5.24. The van der Waals surface area contributed by atoms with Crippen molar-refractivity contribution in [1.29, 1.82) is 0 Å². The number of ether oxygens (including phenoxy) is 1. The lowest BCUT2D eigenvalue weighted by Crippen LogP contribution is -2.44. The molecule has 4 atom stereocenters. The van der Waals surface area contributed by atoms with Gasteiger partial charge < -0.3 is 9.64 Å². The van der Waals surface area contributed by atoms with E-state index in [0.717, 1.165) is 6.04 Å². The molecule has 1 aliphatic carbocycles. The van der Waals surface area contributed by atoms with Crippen LogP contribution in [0.25, 0.3) is 0 Å². The normalized spacial score (nSPS) is 35.3. The molecule has 19 heavy (non-hydrogen) atoms. The van der Waals surface area contributed by atoms with E-state index in [2.05, 4.69) is 43.1 Å². The third-order valence-corrected chi connectivity index (χ3v) is 5.24. The van der Waals surface area contributed by atoms with Crippen LogP contribution in [0.2, 0.25) is 0 Å². The van der Waals surface area contributed by atoms with Crippen LogP contribution in [-0.2, 0) is 4.74 Å². The Morgan fingerprint density at radius 3 is 2.58 bits per heavy atom. The van der Waals surface area contributed by atoms with Gasteiger partial charge in [0.1, 0.15) is 0 Å². The van der Waals surface area contributed by atoms with Crippen LogP contribution in [0, 0.1) is 12.8 Å². The second kappa shape index (κ2) is 5.26. The van der Waals surface area contributed by atoms with Gasteiger partial charge in [0.15, 0.2) is 0 Å². The number of piperidine rings is 1. The lowest BCUT2D eigenvalue weighted by Gasteiger charge is -2.41. The first-order chi connectivity index (χ1) is 9.19. The van der Waals surface area contributed by atoms with Crippen LogP contribution < -0.4 is 0 Å². The summed E-state index contributed by atoms with van der Waals surface area (Å²) >= 11 is 0. The van der Waals surface area contributed by atoms with Crippen LogP contribution in [0.15, 0.2) is 24.3 Å². The van der Waals surface area contributed by atoms with Crippen molar-refractivity contribution in [3.63, 3.8) is 0 Å². The molecule has 2 heteroatoms. The number of nitrogens with zero attached hydrogens (tertiary/aromatic N) is 1. The van der Waals surface area contributed by atoms with Crippen molar-refractivity contribution in [2.45, 2.75) is 44.2 Å². The molecule has 3 aliphatic rings. The number of methoxy groups -OCH3 is 1. The fourth-order valence-electron chi connectivity index (χ4n) is 4.03. The highest BCUT2D eigenvalue weighted by Gasteiger charge is 2.42. The SMILES string of the molecule is CO[C@H]1CC[C@H]2C[C@H](c3ccc(C)cc3)[C@@H]1CN2C. The van der Waals surface area contributed by atoms with Crippen molar-refractivity contribution in [2.75, 3.05) is 20.7 Å². The zero-order chi connectivity index (χ0) is 13.4. The molecule has 1 saturated carbocycles. The Morgan fingerprint density at radius 2 is 1.89 bits per heavy atom. The Kier molecular flexibility index (Phi) is 3.64. The minimum Gasteiger partial charge on any atom is -0.381 e. The molecular weight excluding hydrogens is 234 g/mol. The van der Waals surface area contributed by atoms with Gasteiger partial charge in [0.2, 0.25) is 0 Å². The summed E-state index contributed by atoms with van der Waals surface area (Å²) in [7, 11) is 4.16. The molecule has 2 bridgehead atoms. The summed E-state index contributed by atoms with van der Waals surface area (Å²) in [6.45, 7) is 3.34. The van der Waals surface area contributed by atoms with E-state index >= 15 is 0 Å². The summed E-state index contributed by atoms with van der Waals surface area (Å²) in [6.07, 6.45) is 4.23. The van der Waals surface area contributed by atoms with Crippen molar-refractivity contribution < 1.29 is 4.74 Å². The average molecular weight is 259 g/mol. The van der Waals surface area contributed by atoms with E-state index in [4.69, 9.17) is 4.74 Å². The summed E-state index contributed by atoms with van der Waals surface area (Å²) in [6, 6.07) is 9.89. The number of benzene rings is 1. The molecular formula is C17H25NO. The highest BCUT2D eigenvalue weighted by atomic mass is 16.5. The van der Waals surface area contributed by atoms with Gasteiger partial charge in [0, 0.05) is 25.6 Å². The maximum atomic E-state index is 5.80. The van der Waals surface area contributed by atoms with Gasteiger partial charge in [-0.3, -0.25) is 0 Å². The minimum atomic E-state index is 0.432. The van der Waals surface area contributed by atoms with Gasteiger partial charge in [-0.2, -0.15) is 0 Å². The highest BCUT2D eigenvalue weighted by Crippen LogP contribution is 2.43. The maximum Gasteiger partial charge on any atom is 0.0618 e. The van der Waals surface area contributed by atoms with E-state index in [9.17, 15) is 0 Å². The Balaban J connectivity index is 1.90. The first-order valence-electron chi connectivity index (χ1n) is 7.48. The van der Waals surface area contributed by atoms with Crippen molar-refractivity contribution in [3.05, 3.63) is 35.4 Å². The largest absolute Gasteiger partial charge is 0.381 e. The molecule has 2 nitrogen and oxygen atoms in total. The summed E-state index contributed by atoms with van der Waals surface area (Å²) in [4.78, 5) is 2.55. The number of hydrogen-bond donors (Lipinski definition) is 0. The monoisotopic (exact) mass is 259 g/mol. The molecule has 3 fully saturated rings. The van der Waals surface area contributed by atoms with E-state index in [-0.39, 0.29) is 0 Å². The molecule has 2 saturated heterocycles. The highest BCUT2D eigenvalue weighted by molar-refractivity contribution is 5.26. The quantitative estimate of drug-likeness (QED) is 0.808. The second-order valence-electron chi connectivity index (χ2n) is 6.36. The number of rotatable bonds is 2.